The second kappa shape index (κ2) is 4.44. The van der Waals surface area contributed by atoms with Gasteiger partial charge in [-0.25, -0.2) is 0 Å². The van der Waals surface area contributed by atoms with E-state index < -0.39 is 0 Å². The molecular weight excluding hydrogens is 98.1 g/mol. The average molecular weight is 111 g/mol. The molecule has 0 bridgehead atoms. The van der Waals surface area contributed by atoms with Crippen molar-refractivity contribution in [2.75, 3.05) is 14.1 Å². The summed E-state index contributed by atoms with van der Waals surface area (Å²) in [6, 6.07) is 0. The fourth-order valence-electron chi connectivity index (χ4n) is 0.333. The van der Waals surface area contributed by atoms with Crippen LogP contribution < -0.4 is 0 Å². The van der Waals surface area contributed by atoms with Crippen LogP contribution in [0.5, 0.6) is 0 Å². The molecule has 0 spiro atoms. The van der Waals surface area contributed by atoms with E-state index in [1.165, 1.54) is 0 Å². The molecule has 1 heteroatoms. The molecule has 0 radical (unpaired) electrons. The summed E-state index contributed by atoms with van der Waals surface area (Å²) in [5, 5.41) is 0. The normalized spacial score (nSPS) is 11.4. The van der Waals surface area contributed by atoms with Crippen molar-refractivity contribution in [1.29, 1.82) is 0 Å². The Morgan fingerprint density at radius 2 is 1.75 bits per heavy atom. The highest BCUT2D eigenvalue weighted by atomic mass is 15.0. The third-order valence-electron chi connectivity index (χ3n) is 0.688. The van der Waals surface area contributed by atoms with Crippen molar-refractivity contribution in [1.82, 2.24) is 4.90 Å². The highest BCUT2D eigenvalue weighted by Crippen LogP contribution is 1.78. The SMILES string of the molecule is C/C=C/C=C/N(C)C. The molecule has 0 aliphatic rings. The van der Waals surface area contributed by atoms with E-state index in [1.807, 2.05) is 50.3 Å². The number of hydrogen-bond acceptors (Lipinski definition) is 1. The summed E-state index contributed by atoms with van der Waals surface area (Å²) in [7, 11) is 4.00. The lowest BCUT2D eigenvalue weighted by molar-refractivity contribution is 0.564. The van der Waals surface area contributed by atoms with E-state index in [-0.39, 0.29) is 0 Å². The number of rotatable bonds is 2. The molecular formula is C7H13N. The molecule has 1 nitrogen and oxygen atoms in total. The lowest BCUT2D eigenvalue weighted by atomic mass is 10.5. The molecule has 0 saturated carbocycles. The highest BCUT2D eigenvalue weighted by Gasteiger charge is 1.68. The maximum absolute atomic E-state index is 2.00. The van der Waals surface area contributed by atoms with Crippen molar-refractivity contribution >= 4 is 0 Å². The minimum Gasteiger partial charge on any atom is -0.383 e. The van der Waals surface area contributed by atoms with Crippen LogP contribution in [0.4, 0.5) is 0 Å². The second-order valence-corrected chi connectivity index (χ2v) is 1.83. The first-order valence-electron chi connectivity index (χ1n) is 2.73. The van der Waals surface area contributed by atoms with Crippen LogP contribution in [0, 0.1) is 0 Å². The van der Waals surface area contributed by atoms with Gasteiger partial charge in [0.05, 0.1) is 0 Å². The van der Waals surface area contributed by atoms with E-state index in [1.54, 1.807) is 0 Å². The van der Waals surface area contributed by atoms with Crippen LogP contribution in [0.15, 0.2) is 24.4 Å². The molecule has 0 aromatic carbocycles. The smallest absolute Gasteiger partial charge is 0.00556 e. The topological polar surface area (TPSA) is 3.24 Å². The maximum atomic E-state index is 2.00. The molecule has 0 rings (SSSR count). The van der Waals surface area contributed by atoms with Crippen LogP contribution in [0.3, 0.4) is 0 Å². The quantitative estimate of drug-likeness (QED) is 0.490. The fraction of sp³-hybridized carbons (Fsp3) is 0.429. The summed E-state index contributed by atoms with van der Waals surface area (Å²) in [5.74, 6) is 0. The molecule has 0 saturated heterocycles. The molecule has 0 atom stereocenters. The zero-order valence-electron chi connectivity index (χ0n) is 5.76. The van der Waals surface area contributed by atoms with Gasteiger partial charge >= 0.3 is 0 Å². The number of allylic oxidation sites excluding steroid dienone is 3. The van der Waals surface area contributed by atoms with E-state index in [2.05, 4.69) is 0 Å². The Bertz CT molecular complexity index is 90.6. The van der Waals surface area contributed by atoms with E-state index in [0.29, 0.717) is 0 Å². The monoisotopic (exact) mass is 111 g/mol. The van der Waals surface area contributed by atoms with Gasteiger partial charge in [0.2, 0.25) is 0 Å². The van der Waals surface area contributed by atoms with E-state index in [0.717, 1.165) is 0 Å². The van der Waals surface area contributed by atoms with Gasteiger partial charge in [0.25, 0.3) is 0 Å². The van der Waals surface area contributed by atoms with Crippen molar-refractivity contribution < 1.29 is 0 Å². The van der Waals surface area contributed by atoms with Gasteiger partial charge in [-0.15, -0.1) is 0 Å². The second-order valence-electron chi connectivity index (χ2n) is 1.83. The van der Waals surface area contributed by atoms with Gasteiger partial charge in [0.15, 0.2) is 0 Å². The zero-order valence-corrected chi connectivity index (χ0v) is 5.76. The molecule has 46 valence electrons. The summed E-state index contributed by atoms with van der Waals surface area (Å²) < 4.78 is 0. The molecule has 0 fully saturated rings. The van der Waals surface area contributed by atoms with Crippen LogP contribution >= 0.6 is 0 Å². The average Bonchev–Trinajstić information content (AvgIpc) is 1.66. The van der Waals surface area contributed by atoms with Gasteiger partial charge < -0.3 is 4.90 Å². The van der Waals surface area contributed by atoms with Gasteiger partial charge in [-0.05, 0) is 19.2 Å². The Kier molecular flexibility index (Phi) is 4.04. The third kappa shape index (κ3) is 5.28. The lowest BCUT2D eigenvalue weighted by Crippen LogP contribution is -1.99. The summed E-state index contributed by atoms with van der Waals surface area (Å²) in [6.45, 7) is 2.00. The van der Waals surface area contributed by atoms with Crippen LogP contribution in [0.2, 0.25) is 0 Å². The first kappa shape index (κ1) is 7.28. The van der Waals surface area contributed by atoms with E-state index in [4.69, 9.17) is 0 Å². The molecule has 0 unspecified atom stereocenters. The summed E-state index contributed by atoms with van der Waals surface area (Å²) in [5.41, 5.74) is 0. The molecule has 0 aliphatic carbocycles. The van der Waals surface area contributed by atoms with Crippen LogP contribution in [-0.2, 0) is 0 Å². The van der Waals surface area contributed by atoms with Gasteiger partial charge in [0, 0.05) is 14.1 Å². The summed E-state index contributed by atoms with van der Waals surface area (Å²) in [4.78, 5) is 2.00. The Hall–Kier alpha value is -0.720. The number of hydrogen-bond donors (Lipinski definition) is 0. The fourth-order valence-corrected chi connectivity index (χ4v) is 0.333. The first-order valence-corrected chi connectivity index (χ1v) is 2.73. The molecule has 0 heterocycles. The van der Waals surface area contributed by atoms with Crippen molar-refractivity contribution in [2.45, 2.75) is 6.92 Å². The maximum Gasteiger partial charge on any atom is 0.00556 e. The molecule has 0 aliphatic heterocycles. The van der Waals surface area contributed by atoms with Crippen molar-refractivity contribution in [2.24, 2.45) is 0 Å². The Balaban J connectivity index is 3.34. The van der Waals surface area contributed by atoms with Crippen molar-refractivity contribution in [3.63, 3.8) is 0 Å². The molecule has 8 heavy (non-hydrogen) atoms. The summed E-state index contributed by atoms with van der Waals surface area (Å²) >= 11 is 0. The molecule has 0 aromatic heterocycles. The van der Waals surface area contributed by atoms with Gasteiger partial charge in [0.1, 0.15) is 0 Å². The Morgan fingerprint density at radius 3 is 2.12 bits per heavy atom. The zero-order chi connectivity index (χ0) is 6.41. The predicted octanol–water partition coefficient (Wildman–Crippen LogP) is 1.64. The van der Waals surface area contributed by atoms with Gasteiger partial charge in [-0.2, -0.15) is 0 Å². The van der Waals surface area contributed by atoms with Crippen LogP contribution in [0.25, 0.3) is 0 Å². The molecule has 0 N–H and O–H groups in total. The Morgan fingerprint density at radius 1 is 1.12 bits per heavy atom. The minimum atomic E-state index is 2.00. The van der Waals surface area contributed by atoms with Crippen molar-refractivity contribution in [3.05, 3.63) is 24.4 Å². The largest absolute Gasteiger partial charge is 0.383 e. The van der Waals surface area contributed by atoms with Crippen LogP contribution in [0.1, 0.15) is 6.92 Å². The van der Waals surface area contributed by atoms with E-state index >= 15 is 0 Å². The van der Waals surface area contributed by atoms with Gasteiger partial charge in [-0.1, -0.05) is 12.2 Å². The molecule has 0 aromatic rings. The van der Waals surface area contributed by atoms with Crippen molar-refractivity contribution in [3.8, 4) is 0 Å². The minimum absolute atomic E-state index is 2.00. The first-order chi connectivity index (χ1) is 3.77. The van der Waals surface area contributed by atoms with E-state index in [9.17, 15) is 0 Å². The highest BCUT2D eigenvalue weighted by molar-refractivity contribution is 4.99. The number of nitrogens with zero attached hydrogens (tertiary/aromatic N) is 1. The predicted molar refractivity (Wildman–Crippen MR) is 37.6 cm³/mol. The molecule has 0 amide bonds. The standard InChI is InChI=1S/C7H13N/c1-4-5-6-7-8(2)3/h4-7H,1-3H3/b5-4+,7-6+. The van der Waals surface area contributed by atoms with Crippen LogP contribution in [-0.4, -0.2) is 19.0 Å². The Labute approximate surface area is 51.3 Å². The third-order valence-corrected chi connectivity index (χ3v) is 0.688. The summed E-state index contributed by atoms with van der Waals surface area (Å²) in [6.07, 6.45) is 8.00. The lowest BCUT2D eigenvalue weighted by Gasteiger charge is -2.00. The van der Waals surface area contributed by atoms with Gasteiger partial charge in [-0.3, -0.25) is 0 Å².